The number of nitrogens with zero attached hydrogens (tertiary/aromatic N) is 1. The summed E-state index contributed by atoms with van der Waals surface area (Å²) in [5.74, 6) is 0.0462. The second-order valence-electron chi connectivity index (χ2n) is 3.75. The minimum Gasteiger partial charge on any atom is -0.508 e. The van der Waals surface area contributed by atoms with Crippen LogP contribution in [0.15, 0.2) is 18.2 Å². The van der Waals surface area contributed by atoms with Crippen LogP contribution in [-0.2, 0) is 5.41 Å². The fourth-order valence-electron chi connectivity index (χ4n) is 1.90. The topological polar surface area (TPSA) is 64.2 Å². The van der Waals surface area contributed by atoms with E-state index in [9.17, 15) is 5.11 Å². The molecule has 2 N–H and O–H groups in total. The van der Waals surface area contributed by atoms with Crippen LogP contribution in [0.2, 0.25) is 0 Å². The van der Waals surface area contributed by atoms with Crippen molar-refractivity contribution in [1.82, 2.24) is 0 Å². The highest BCUT2D eigenvalue weighted by Gasteiger charge is 2.40. The molecule has 0 spiro atoms. The van der Waals surface area contributed by atoms with E-state index in [1.54, 1.807) is 6.07 Å². The highest BCUT2D eigenvalue weighted by molar-refractivity contribution is 5.47. The van der Waals surface area contributed by atoms with Gasteiger partial charge in [0.1, 0.15) is 11.5 Å². The molecule has 1 aliphatic rings. The Morgan fingerprint density at radius 3 is 2.43 bits per heavy atom. The van der Waals surface area contributed by atoms with Gasteiger partial charge in [0.05, 0.1) is 11.5 Å². The third-order valence-corrected chi connectivity index (χ3v) is 2.92. The van der Waals surface area contributed by atoms with Gasteiger partial charge >= 0.3 is 0 Å². The van der Waals surface area contributed by atoms with Crippen molar-refractivity contribution in [3.05, 3.63) is 23.8 Å². The molecule has 1 aromatic carbocycles. The molecule has 0 atom stereocenters. The van der Waals surface area contributed by atoms with Gasteiger partial charge in [-0.05, 0) is 25.3 Å². The van der Waals surface area contributed by atoms with Crippen LogP contribution >= 0.6 is 0 Å². The van der Waals surface area contributed by atoms with Crippen LogP contribution in [0.3, 0.4) is 0 Å². The molecule has 0 amide bonds. The fraction of sp³-hybridized carbons (Fsp3) is 0.364. The van der Waals surface area contributed by atoms with E-state index in [-0.39, 0.29) is 11.5 Å². The number of hydrogen-bond donors (Lipinski definition) is 2. The second-order valence-corrected chi connectivity index (χ2v) is 3.75. The Bertz CT molecular complexity index is 402. The largest absolute Gasteiger partial charge is 0.508 e. The van der Waals surface area contributed by atoms with Gasteiger partial charge in [-0.3, -0.25) is 0 Å². The van der Waals surface area contributed by atoms with Crippen LogP contribution in [0.4, 0.5) is 0 Å². The molecule has 14 heavy (non-hydrogen) atoms. The Labute approximate surface area is 82.2 Å². The lowest BCUT2D eigenvalue weighted by Crippen LogP contribution is -2.32. The van der Waals surface area contributed by atoms with Crippen LogP contribution in [0.1, 0.15) is 24.8 Å². The molecule has 0 heterocycles. The zero-order valence-corrected chi connectivity index (χ0v) is 7.70. The summed E-state index contributed by atoms with van der Waals surface area (Å²) in [6.45, 7) is 0. The van der Waals surface area contributed by atoms with E-state index in [0.29, 0.717) is 5.56 Å². The van der Waals surface area contributed by atoms with E-state index in [1.165, 1.54) is 12.1 Å². The molecule has 3 heteroatoms. The number of benzene rings is 1. The summed E-state index contributed by atoms with van der Waals surface area (Å²) in [5.41, 5.74) is 0.127. The molecule has 1 aliphatic carbocycles. The van der Waals surface area contributed by atoms with Crippen molar-refractivity contribution in [3.8, 4) is 17.6 Å². The van der Waals surface area contributed by atoms with Gasteiger partial charge in [0.25, 0.3) is 0 Å². The van der Waals surface area contributed by atoms with Gasteiger partial charge < -0.3 is 10.2 Å². The van der Waals surface area contributed by atoms with E-state index >= 15 is 0 Å². The zero-order valence-electron chi connectivity index (χ0n) is 7.70. The Kier molecular flexibility index (Phi) is 1.85. The first-order valence-corrected chi connectivity index (χ1v) is 4.62. The minimum absolute atomic E-state index is 0.0197. The first-order chi connectivity index (χ1) is 6.68. The molecule has 3 nitrogen and oxygen atoms in total. The first-order valence-electron chi connectivity index (χ1n) is 4.62. The van der Waals surface area contributed by atoms with Gasteiger partial charge in [-0.1, -0.05) is 6.07 Å². The Morgan fingerprint density at radius 2 is 2.00 bits per heavy atom. The van der Waals surface area contributed by atoms with E-state index in [0.717, 1.165) is 19.3 Å². The van der Waals surface area contributed by atoms with Crippen LogP contribution in [-0.4, -0.2) is 10.2 Å². The van der Waals surface area contributed by atoms with Crippen LogP contribution in [0, 0.1) is 11.3 Å². The summed E-state index contributed by atoms with van der Waals surface area (Å²) < 4.78 is 0. The van der Waals surface area contributed by atoms with Crippen molar-refractivity contribution in [3.63, 3.8) is 0 Å². The summed E-state index contributed by atoms with van der Waals surface area (Å²) in [6.07, 6.45) is 2.61. The summed E-state index contributed by atoms with van der Waals surface area (Å²) in [4.78, 5) is 0. The number of phenolic OH excluding ortho intramolecular Hbond substituents is 2. The zero-order chi connectivity index (χ0) is 10.2. The average Bonchev–Trinajstić information content (AvgIpc) is 2.07. The van der Waals surface area contributed by atoms with Crippen molar-refractivity contribution in [2.75, 3.05) is 0 Å². The molecule has 0 aromatic heterocycles. The molecule has 72 valence electrons. The smallest absolute Gasteiger partial charge is 0.124 e. The van der Waals surface area contributed by atoms with Gasteiger partial charge in [-0.25, -0.2) is 0 Å². The fourth-order valence-corrected chi connectivity index (χ4v) is 1.90. The highest BCUT2D eigenvalue weighted by atomic mass is 16.3. The van der Waals surface area contributed by atoms with Crippen molar-refractivity contribution < 1.29 is 10.2 Å². The standard InChI is InChI=1S/C11H11NO2/c12-7-11(4-1-5-11)9-3-2-8(13)6-10(9)14/h2-3,6,13-14H,1,4-5H2. The van der Waals surface area contributed by atoms with Crippen molar-refractivity contribution in [2.45, 2.75) is 24.7 Å². The Hall–Kier alpha value is -1.69. The number of nitriles is 1. The third kappa shape index (κ3) is 1.12. The predicted molar refractivity (Wildman–Crippen MR) is 50.9 cm³/mol. The van der Waals surface area contributed by atoms with E-state index < -0.39 is 5.41 Å². The van der Waals surface area contributed by atoms with Gasteiger partial charge in [-0.15, -0.1) is 0 Å². The van der Waals surface area contributed by atoms with Gasteiger partial charge in [0.2, 0.25) is 0 Å². The van der Waals surface area contributed by atoms with Crippen LogP contribution in [0.25, 0.3) is 0 Å². The lowest BCUT2D eigenvalue weighted by molar-refractivity contribution is 0.310. The van der Waals surface area contributed by atoms with E-state index in [2.05, 4.69) is 6.07 Å². The van der Waals surface area contributed by atoms with E-state index in [1.807, 2.05) is 0 Å². The van der Waals surface area contributed by atoms with Crippen LogP contribution < -0.4 is 0 Å². The Balaban J connectivity index is 2.46. The van der Waals surface area contributed by atoms with Crippen LogP contribution in [0.5, 0.6) is 11.5 Å². The maximum absolute atomic E-state index is 9.61. The number of rotatable bonds is 1. The first kappa shape index (κ1) is 8.89. The highest BCUT2D eigenvalue weighted by Crippen LogP contribution is 2.46. The van der Waals surface area contributed by atoms with Crippen molar-refractivity contribution in [2.24, 2.45) is 0 Å². The monoisotopic (exact) mass is 189 g/mol. The van der Waals surface area contributed by atoms with Crippen molar-refractivity contribution in [1.29, 1.82) is 5.26 Å². The SMILES string of the molecule is N#CC1(c2ccc(O)cc2O)CCC1. The molecule has 2 rings (SSSR count). The van der Waals surface area contributed by atoms with Gasteiger partial charge in [0, 0.05) is 11.6 Å². The predicted octanol–water partition coefficient (Wildman–Crippen LogP) is 2.04. The molecule has 0 radical (unpaired) electrons. The molecule has 0 unspecified atom stereocenters. The lowest BCUT2D eigenvalue weighted by Gasteiger charge is -2.35. The third-order valence-electron chi connectivity index (χ3n) is 2.92. The summed E-state index contributed by atoms with van der Waals surface area (Å²) in [5, 5.41) is 27.8. The molecule has 1 saturated carbocycles. The molecule has 1 fully saturated rings. The molecule has 0 aliphatic heterocycles. The summed E-state index contributed by atoms with van der Waals surface area (Å²) >= 11 is 0. The molecule has 0 bridgehead atoms. The summed E-state index contributed by atoms with van der Waals surface area (Å²) in [6, 6.07) is 6.67. The van der Waals surface area contributed by atoms with Crippen molar-refractivity contribution >= 4 is 0 Å². The molecular weight excluding hydrogens is 178 g/mol. The Morgan fingerprint density at radius 1 is 1.29 bits per heavy atom. The molecule has 0 saturated heterocycles. The van der Waals surface area contributed by atoms with Gasteiger partial charge in [-0.2, -0.15) is 5.26 Å². The maximum Gasteiger partial charge on any atom is 0.124 e. The molecule has 1 aromatic rings. The van der Waals surface area contributed by atoms with Gasteiger partial charge in [0.15, 0.2) is 0 Å². The average molecular weight is 189 g/mol. The quantitative estimate of drug-likeness (QED) is 0.710. The maximum atomic E-state index is 9.61. The number of phenols is 2. The minimum atomic E-state index is -0.516. The number of aromatic hydroxyl groups is 2. The normalized spacial score (nSPS) is 18.2. The lowest BCUT2D eigenvalue weighted by atomic mass is 9.65. The van der Waals surface area contributed by atoms with E-state index in [4.69, 9.17) is 10.4 Å². The second kappa shape index (κ2) is 2.91. The molecular formula is C11H11NO2. The number of hydrogen-bond acceptors (Lipinski definition) is 3. The summed E-state index contributed by atoms with van der Waals surface area (Å²) in [7, 11) is 0.